The third kappa shape index (κ3) is 6.35. The van der Waals surface area contributed by atoms with Crippen LogP contribution in [0, 0.1) is 25.4 Å². The molecule has 0 atom stereocenters. The van der Waals surface area contributed by atoms with Gasteiger partial charge in [-0.2, -0.15) is 6.07 Å². The normalized spacial score (nSPS) is 12.9. The van der Waals surface area contributed by atoms with Gasteiger partial charge in [-0.1, -0.05) is 89.5 Å². The first kappa shape index (κ1) is 35.0. The number of pyridine rings is 1. The molecule has 0 radical (unpaired) electrons. The summed E-state index contributed by atoms with van der Waals surface area (Å²) in [6.07, 6.45) is 1.87. The van der Waals surface area contributed by atoms with Crippen LogP contribution in [-0.4, -0.2) is 9.55 Å². The second-order valence-electron chi connectivity index (χ2n) is 15.0. The van der Waals surface area contributed by atoms with E-state index in [-0.39, 0.29) is 31.9 Å². The fourth-order valence-electron chi connectivity index (χ4n) is 6.69. The van der Waals surface area contributed by atoms with Gasteiger partial charge in [0.25, 0.3) is 0 Å². The number of fused-ring (bicyclic) bond motifs is 4. The van der Waals surface area contributed by atoms with E-state index in [9.17, 15) is 0 Å². The SMILES string of the molecule is [C-]#[N+]c1cc(Oc2[c-]c3c(cc2)c2ccccc2n3-c2cc(C(C)(C)C)ccn2)[c-]c(N2[CH-]N(c3cccc(C(C)(C)C)c3)c3ccccc32)c1.[Pt]. The average Bonchev–Trinajstić information content (AvgIpc) is 3.67. The molecule has 262 valence electrons. The Hall–Kier alpha value is -5.37. The standard InChI is InChI=1S/C45H38N5O.Pt/c1-44(2,3)30-13-12-14-33(23-30)48-29-49(41-18-11-10-17-40(41)48)34-25-32(46-7)26-36(27-34)51-35-19-20-38-37-15-8-9-16-39(37)50(42(38)28-35)43-24-31(21-22-47-43)45(4,5)6;/h8-26,29H,1-6H3;/q-3;. The van der Waals surface area contributed by atoms with Crippen molar-refractivity contribution in [2.24, 2.45) is 0 Å². The predicted molar refractivity (Wildman–Crippen MR) is 208 cm³/mol. The van der Waals surface area contributed by atoms with Gasteiger partial charge in [-0.15, -0.1) is 48.1 Å². The zero-order chi connectivity index (χ0) is 35.5. The Morgan fingerprint density at radius 3 is 2.15 bits per heavy atom. The zero-order valence-electron chi connectivity index (χ0n) is 30.0. The Kier molecular flexibility index (Phi) is 8.97. The van der Waals surface area contributed by atoms with Crippen LogP contribution in [0.1, 0.15) is 52.7 Å². The molecule has 8 rings (SSSR count). The van der Waals surface area contributed by atoms with E-state index in [2.05, 4.69) is 152 Å². The molecule has 5 aromatic carbocycles. The number of anilines is 4. The van der Waals surface area contributed by atoms with Crippen LogP contribution in [0.3, 0.4) is 0 Å². The average molecular weight is 860 g/mol. The predicted octanol–water partition coefficient (Wildman–Crippen LogP) is 12.1. The van der Waals surface area contributed by atoms with Gasteiger partial charge in [0.15, 0.2) is 0 Å². The van der Waals surface area contributed by atoms with E-state index < -0.39 is 0 Å². The Balaban J connectivity index is 0.00000420. The summed E-state index contributed by atoms with van der Waals surface area (Å²) >= 11 is 0. The van der Waals surface area contributed by atoms with Gasteiger partial charge in [0.05, 0.1) is 12.3 Å². The maximum atomic E-state index is 7.94. The molecule has 0 saturated carbocycles. The molecule has 1 aliphatic heterocycles. The van der Waals surface area contributed by atoms with Crippen molar-refractivity contribution in [3.05, 3.63) is 157 Å². The maximum absolute atomic E-state index is 7.94. The van der Waals surface area contributed by atoms with Crippen LogP contribution in [0.25, 0.3) is 32.5 Å². The second kappa shape index (κ2) is 13.3. The van der Waals surface area contributed by atoms with E-state index in [1.165, 1.54) is 11.1 Å². The van der Waals surface area contributed by atoms with Gasteiger partial charge in [-0.3, -0.25) is 4.85 Å². The van der Waals surface area contributed by atoms with Gasteiger partial charge in [-0.25, -0.2) is 4.98 Å². The number of rotatable bonds is 5. The molecule has 2 aromatic heterocycles. The summed E-state index contributed by atoms with van der Waals surface area (Å²) < 4.78 is 8.65. The quantitative estimate of drug-likeness (QED) is 0.162. The maximum Gasteiger partial charge on any atom is 0.135 e. The van der Waals surface area contributed by atoms with Crippen LogP contribution in [0.15, 0.2) is 115 Å². The first-order valence-corrected chi connectivity index (χ1v) is 17.2. The molecule has 0 amide bonds. The molecule has 1 aliphatic rings. The van der Waals surface area contributed by atoms with E-state index in [4.69, 9.17) is 16.3 Å². The summed E-state index contributed by atoms with van der Waals surface area (Å²) in [5, 5.41) is 2.17. The molecule has 0 bridgehead atoms. The summed E-state index contributed by atoms with van der Waals surface area (Å²) in [6.45, 7) is 23.3. The monoisotopic (exact) mass is 859 g/mol. The first-order chi connectivity index (χ1) is 24.5. The van der Waals surface area contributed by atoms with Crippen molar-refractivity contribution in [2.75, 3.05) is 9.80 Å². The molecule has 0 N–H and O–H groups in total. The molecule has 52 heavy (non-hydrogen) atoms. The number of para-hydroxylation sites is 3. The number of ether oxygens (including phenoxy) is 1. The summed E-state index contributed by atoms with van der Waals surface area (Å²) in [5.74, 6) is 1.78. The van der Waals surface area contributed by atoms with Gasteiger partial charge >= 0.3 is 0 Å². The molecular weight excluding hydrogens is 822 g/mol. The van der Waals surface area contributed by atoms with E-state index in [0.29, 0.717) is 22.9 Å². The third-order valence-corrected chi connectivity index (χ3v) is 9.44. The Labute approximate surface area is 320 Å². The minimum Gasteiger partial charge on any atom is -0.510 e. The first-order valence-electron chi connectivity index (χ1n) is 17.2. The third-order valence-electron chi connectivity index (χ3n) is 9.44. The smallest absolute Gasteiger partial charge is 0.135 e. The van der Waals surface area contributed by atoms with Crippen LogP contribution in [0.4, 0.5) is 28.4 Å². The van der Waals surface area contributed by atoms with Crippen LogP contribution in [-0.2, 0) is 31.9 Å². The second-order valence-corrected chi connectivity index (χ2v) is 15.0. The van der Waals surface area contributed by atoms with Gasteiger partial charge in [0.2, 0.25) is 0 Å². The van der Waals surface area contributed by atoms with E-state index in [0.717, 1.165) is 44.7 Å². The zero-order valence-corrected chi connectivity index (χ0v) is 32.3. The molecule has 0 aliphatic carbocycles. The van der Waals surface area contributed by atoms with Crippen molar-refractivity contribution in [1.82, 2.24) is 9.55 Å². The fraction of sp³-hybridized carbons (Fsp3) is 0.178. The van der Waals surface area contributed by atoms with Gasteiger partial charge in [0.1, 0.15) is 5.82 Å². The Morgan fingerprint density at radius 2 is 1.40 bits per heavy atom. The largest absolute Gasteiger partial charge is 0.510 e. The summed E-state index contributed by atoms with van der Waals surface area (Å²) in [7, 11) is 0. The molecule has 7 aromatic rings. The summed E-state index contributed by atoms with van der Waals surface area (Å²) in [4.78, 5) is 12.9. The van der Waals surface area contributed by atoms with Crippen molar-refractivity contribution < 1.29 is 25.8 Å². The van der Waals surface area contributed by atoms with Crippen molar-refractivity contribution in [1.29, 1.82) is 0 Å². The Bertz CT molecular complexity index is 2500. The van der Waals surface area contributed by atoms with Gasteiger partial charge in [-0.05, 0) is 69.8 Å². The number of hydrogen-bond acceptors (Lipinski definition) is 4. The fourth-order valence-corrected chi connectivity index (χ4v) is 6.69. The van der Waals surface area contributed by atoms with Crippen molar-refractivity contribution >= 4 is 50.2 Å². The molecule has 6 nitrogen and oxygen atoms in total. The molecular formula is C45H38N5OPt-3. The van der Waals surface area contributed by atoms with E-state index in [1.807, 2.05) is 36.5 Å². The molecule has 0 unspecified atom stereocenters. The topological polar surface area (TPSA) is 37.9 Å². The summed E-state index contributed by atoms with van der Waals surface area (Å²) in [5.41, 5.74) is 8.61. The van der Waals surface area contributed by atoms with Crippen LogP contribution in [0.2, 0.25) is 0 Å². The van der Waals surface area contributed by atoms with Crippen molar-refractivity contribution in [2.45, 2.75) is 52.4 Å². The van der Waals surface area contributed by atoms with E-state index >= 15 is 0 Å². The van der Waals surface area contributed by atoms with Crippen molar-refractivity contribution in [3.63, 3.8) is 0 Å². The van der Waals surface area contributed by atoms with Crippen LogP contribution < -0.4 is 14.5 Å². The molecule has 7 heteroatoms. The number of benzene rings is 5. The van der Waals surface area contributed by atoms with Crippen LogP contribution in [0.5, 0.6) is 11.5 Å². The minimum absolute atomic E-state index is 0. The van der Waals surface area contributed by atoms with Crippen LogP contribution >= 0.6 is 0 Å². The minimum atomic E-state index is -0.0311. The van der Waals surface area contributed by atoms with E-state index in [1.54, 1.807) is 6.07 Å². The van der Waals surface area contributed by atoms with Crippen molar-refractivity contribution in [3.8, 4) is 17.3 Å². The molecule has 0 saturated heterocycles. The molecule has 3 heterocycles. The number of nitrogens with zero attached hydrogens (tertiary/aromatic N) is 5. The number of aromatic nitrogens is 2. The van der Waals surface area contributed by atoms with Gasteiger partial charge < -0.3 is 19.1 Å². The van der Waals surface area contributed by atoms with Gasteiger partial charge in [0, 0.05) is 61.3 Å². The molecule has 0 spiro atoms. The molecule has 0 fully saturated rings. The summed E-state index contributed by atoms with van der Waals surface area (Å²) in [6, 6.07) is 44.1. The number of hydrogen-bond donors (Lipinski definition) is 0. The Morgan fingerprint density at radius 1 is 0.692 bits per heavy atom.